The molecule has 1 N–H and O–H groups in total. The first kappa shape index (κ1) is 37.6. The van der Waals surface area contributed by atoms with Crippen molar-refractivity contribution in [1.82, 2.24) is 19.4 Å². The third kappa shape index (κ3) is 7.00. The molecule has 0 bridgehead atoms. The van der Waals surface area contributed by atoms with Crippen LogP contribution in [0.1, 0.15) is 43.1 Å². The molecule has 9 rings (SSSR count). The summed E-state index contributed by atoms with van der Waals surface area (Å²) in [5.74, 6) is 0.829. The Labute approximate surface area is 334 Å². The minimum atomic E-state index is -2.77. The van der Waals surface area contributed by atoms with E-state index in [0.29, 0.717) is 66.9 Å². The maximum Gasteiger partial charge on any atom is 0.264 e. The van der Waals surface area contributed by atoms with E-state index in [4.69, 9.17) is 14.2 Å². The Balaban J connectivity index is 1.16. The van der Waals surface area contributed by atoms with E-state index in [-0.39, 0.29) is 41.3 Å². The zero-order valence-corrected chi connectivity index (χ0v) is 32.4. The number of likely N-dealkylation sites (N-methyl/N-ethyl adjacent to an activating group) is 1. The number of phenols is 1. The van der Waals surface area contributed by atoms with Crippen LogP contribution in [0, 0.1) is 6.92 Å². The summed E-state index contributed by atoms with van der Waals surface area (Å²) in [6.45, 7) is 5.40. The second-order valence-electron chi connectivity index (χ2n) is 15.3. The van der Waals surface area contributed by atoms with E-state index in [1.165, 1.54) is 27.2 Å². The van der Waals surface area contributed by atoms with Crippen molar-refractivity contribution in [3.8, 4) is 28.5 Å². The molecule has 2 amide bonds. The van der Waals surface area contributed by atoms with Crippen molar-refractivity contribution >= 4 is 29.0 Å². The van der Waals surface area contributed by atoms with Crippen LogP contribution < -0.4 is 19.3 Å². The van der Waals surface area contributed by atoms with Gasteiger partial charge in [0.1, 0.15) is 11.6 Å². The van der Waals surface area contributed by atoms with Gasteiger partial charge in [0.25, 0.3) is 18.2 Å². The summed E-state index contributed by atoms with van der Waals surface area (Å²) in [6.07, 6.45) is 0.245. The number of nitrogens with zero attached hydrogens (tertiary/aromatic N) is 6. The van der Waals surface area contributed by atoms with Crippen LogP contribution in [-0.2, 0) is 30.7 Å². The number of hydrogen-bond acceptors (Lipinski definition) is 9. The number of morpholine rings is 1. The van der Waals surface area contributed by atoms with Gasteiger partial charge >= 0.3 is 0 Å². The highest BCUT2D eigenvalue weighted by molar-refractivity contribution is 6.12. The highest BCUT2D eigenvalue weighted by Gasteiger charge is 2.36. The van der Waals surface area contributed by atoms with Gasteiger partial charge in [-0.05, 0) is 85.0 Å². The number of phenolic OH excluding ortho intramolecular Hbond substituents is 1. The first-order valence-electron chi connectivity index (χ1n) is 19.6. The van der Waals surface area contributed by atoms with Crippen LogP contribution in [0.25, 0.3) is 11.3 Å². The predicted molar refractivity (Wildman–Crippen MR) is 214 cm³/mol. The number of aromatic nitrogens is 2. The smallest absolute Gasteiger partial charge is 0.264 e. The van der Waals surface area contributed by atoms with Crippen LogP contribution >= 0.6 is 0 Å². The second-order valence-corrected chi connectivity index (χ2v) is 15.3. The maximum absolute atomic E-state index is 15.2. The molecular weight excluding hydrogens is 747 g/mol. The lowest BCUT2D eigenvalue weighted by Gasteiger charge is -2.40. The third-order valence-electron chi connectivity index (χ3n) is 11.7. The molecule has 1 saturated heterocycles. The summed E-state index contributed by atoms with van der Waals surface area (Å²) in [6, 6.07) is 21.0. The Morgan fingerprint density at radius 1 is 0.914 bits per heavy atom. The summed E-state index contributed by atoms with van der Waals surface area (Å²) in [5, 5.41) is 10.1. The Bertz CT molecular complexity index is 2380. The minimum Gasteiger partial charge on any atom is -0.508 e. The first-order valence-corrected chi connectivity index (χ1v) is 19.6. The second kappa shape index (κ2) is 15.4. The molecule has 4 aliphatic heterocycles. The Hall–Kier alpha value is -5.99. The summed E-state index contributed by atoms with van der Waals surface area (Å²) in [7, 11) is 1.96. The van der Waals surface area contributed by atoms with E-state index >= 15 is 4.79 Å². The van der Waals surface area contributed by atoms with Crippen LogP contribution in [0.4, 0.5) is 26.0 Å². The van der Waals surface area contributed by atoms with E-state index in [2.05, 4.69) is 16.0 Å². The summed E-state index contributed by atoms with van der Waals surface area (Å²) >= 11 is 0. The highest BCUT2D eigenvalue weighted by Crippen LogP contribution is 2.42. The SMILES string of the molecule is Cc1c(C(=O)N(c2ccc(O)cc2)c2cnc3c(c2)CCN3C)cc(-c2cc3c(cc2C(=O)N2Cc4ccccc4C[C@H]2CN2CCOCC2)OCO3)n1CC(F)F. The van der Waals surface area contributed by atoms with Gasteiger partial charge in [0.05, 0.1) is 48.5 Å². The summed E-state index contributed by atoms with van der Waals surface area (Å²) in [5.41, 5.74) is 5.47. The number of anilines is 3. The lowest BCUT2D eigenvalue weighted by atomic mass is 9.92. The van der Waals surface area contributed by atoms with Crippen LogP contribution in [-0.4, -0.2) is 102 Å². The zero-order chi connectivity index (χ0) is 40.1. The number of rotatable bonds is 9. The van der Waals surface area contributed by atoms with Crippen molar-refractivity contribution in [3.05, 3.63) is 113 Å². The average molecular weight is 791 g/mol. The number of benzene rings is 3. The molecule has 2 aromatic heterocycles. The lowest BCUT2D eigenvalue weighted by Crippen LogP contribution is -2.52. The fraction of sp³-hybridized carbons (Fsp3) is 0.341. The van der Waals surface area contributed by atoms with Crippen molar-refractivity contribution in [1.29, 1.82) is 0 Å². The molecule has 0 spiro atoms. The fourth-order valence-electron chi connectivity index (χ4n) is 8.65. The van der Waals surface area contributed by atoms with Gasteiger partial charge in [0.2, 0.25) is 6.79 Å². The number of aromatic hydroxyl groups is 1. The average Bonchev–Trinajstić information content (AvgIpc) is 3.94. The van der Waals surface area contributed by atoms with Crippen molar-refractivity contribution in [3.63, 3.8) is 0 Å². The third-order valence-corrected chi connectivity index (χ3v) is 11.7. The number of ether oxygens (including phenoxy) is 3. The molecule has 5 aromatic rings. The van der Waals surface area contributed by atoms with Gasteiger partial charge in [-0.1, -0.05) is 24.3 Å². The van der Waals surface area contributed by atoms with Gasteiger partial charge < -0.3 is 33.7 Å². The number of hydrogen-bond donors (Lipinski definition) is 1. The van der Waals surface area contributed by atoms with E-state index in [1.54, 1.807) is 43.5 Å². The number of fused-ring (bicyclic) bond motifs is 3. The Kier molecular flexibility index (Phi) is 9.98. The lowest BCUT2D eigenvalue weighted by molar-refractivity contribution is 0.0193. The minimum absolute atomic E-state index is 0.0239. The van der Waals surface area contributed by atoms with Gasteiger partial charge in [0, 0.05) is 62.8 Å². The summed E-state index contributed by atoms with van der Waals surface area (Å²) < 4.78 is 47.8. The molecule has 0 radical (unpaired) electrons. The van der Waals surface area contributed by atoms with Crippen molar-refractivity contribution in [2.45, 2.75) is 45.3 Å². The quantitative estimate of drug-likeness (QED) is 0.181. The normalized spacial score (nSPS) is 17.4. The molecule has 3 aromatic carbocycles. The van der Waals surface area contributed by atoms with Crippen LogP contribution in [0.5, 0.6) is 17.2 Å². The van der Waals surface area contributed by atoms with Crippen molar-refractivity contribution in [2.75, 3.05) is 63.0 Å². The van der Waals surface area contributed by atoms with Gasteiger partial charge in [-0.2, -0.15) is 0 Å². The van der Waals surface area contributed by atoms with Crippen molar-refractivity contribution in [2.24, 2.45) is 0 Å². The predicted octanol–water partition coefficient (Wildman–Crippen LogP) is 6.43. The Morgan fingerprint density at radius 3 is 2.41 bits per heavy atom. The first-order chi connectivity index (χ1) is 28.1. The molecule has 14 heteroatoms. The molecule has 58 heavy (non-hydrogen) atoms. The molecule has 1 fully saturated rings. The monoisotopic (exact) mass is 790 g/mol. The van der Waals surface area contributed by atoms with Gasteiger partial charge in [-0.3, -0.25) is 19.4 Å². The van der Waals surface area contributed by atoms with Gasteiger partial charge in [-0.15, -0.1) is 0 Å². The van der Waals surface area contributed by atoms with E-state index < -0.39 is 18.9 Å². The molecule has 4 aliphatic rings. The largest absolute Gasteiger partial charge is 0.508 e. The topological polar surface area (TPSA) is 113 Å². The summed E-state index contributed by atoms with van der Waals surface area (Å²) in [4.78, 5) is 42.6. The van der Waals surface area contributed by atoms with Gasteiger partial charge in [0.15, 0.2) is 11.5 Å². The zero-order valence-electron chi connectivity index (χ0n) is 32.4. The standard InChI is InChI=1S/C44H44F2N6O6/c1-27-35(44(55)52(31-7-9-34(53)10-8-31)32-18-29-11-12-48(2)42(29)47-22-32)19-38(50(27)25-41(45)46)36-20-39-40(58-26-57-39)21-37(36)43(54)51-23-30-6-4-3-5-28(30)17-33(51)24-49-13-15-56-16-14-49/h3-10,18-22,33,41,53H,11-17,23-26H2,1-2H3/t33-/m0/s1. The highest BCUT2D eigenvalue weighted by atomic mass is 19.3. The number of pyridine rings is 1. The molecule has 12 nitrogen and oxygen atoms in total. The molecule has 1 atom stereocenters. The fourth-order valence-corrected chi connectivity index (χ4v) is 8.65. The molecule has 300 valence electrons. The van der Waals surface area contributed by atoms with Crippen LogP contribution in [0.3, 0.4) is 0 Å². The van der Waals surface area contributed by atoms with Crippen LogP contribution in [0.2, 0.25) is 0 Å². The van der Waals surface area contributed by atoms with E-state index in [1.807, 2.05) is 41.1 Å². The molecule has 0 unspecified atom stereocenters. The number of carbonyl (C=O) groups excluding carboxylic acids is 2. The number of carbonyl (C=O) groups is 2. The van der Waals surface area contributed by atoms with E-state index in [9.17, 15) is 18.7 Å². The molecule has 6 heterocycles. The molecular formula is C44H44F2N6O6. The Morgan fingerprint density at radius 2 is 1.66 bits per heavy atom. The number of halogens is 2. The van der Waals surface area contributed by atoms with Gasteiger partial charge in [-0.25, -0.2) is 13.8 Å². The van der Waals surface area contributed by atoms with E-state index in [0.717, 1.165) is 43.0 Å². The number of amides is 2. The molecule has 0 aliphatic carbocycles. The van der Waals surface area contributed by atoms with Crippen molar-refractivity contribution < 1.29 is 37.7 Å². The maximum atomic E-state index is 15.2. The number of alkyl halides is 2. The molecule has 0 saturated carbocycles. The van der Waals surface area contributed by atoms with Crippen LogP contribution in [0.15, 0.2) is 79.0 Å².